The highest BCUT2D eigenvalue weighted by Gasteiger charge is 2.19. The highest BCUT2D eigenvalue weighted by molar-refractivity contribution is 6.01. The number of rotatable bonds is 6. The average molecular weight is 395 g/mol. The Morgan fingerprint density at radius 3 is 2.72 bits per heavy atom. The van der Waals surface area contributed by atoms with E-state index in [0.29, 0.717) is 23.5 Å². The van der Waals surface area contributed by atoms with E-state index in [4.69, 9.17) is 9.47 Å². The normalized spacial score (nSPS) is 14.8. The molecule has 1 aliphatic rings. The van der Waals surface area contributed by atoms with Crippen molar-refractivity contribution in [2.24, 2.45) is 7.05 Å². The number of hydrogen-bond donors (Lipinski definition) is 1. The fraction of sp³-hybridized carbons (Fsp3) is 0.381. The number of benzene rings is 1. The molecule has 0 atom stereocenters. The Morgan fingerprint density at radius 2 is 1.97 bits per heavy atom. The number of fused-ring (bicyclic) bond motifs is 1. The predicted octanol–water partition coefficient (Wildman–Crippen LogP) is 1.74. The summed E-state index contributed by atoms with van der Waals surface area (Å²) in [5.41, 5.74) is 3.39. The third-order valence-electron chi connectivity index (χ3n) is 5.22. The Labute approximate surface area is 169 Å². The Balaban J connectivity index is 1.49. The van der Waals surface area contributed by atoms with Crippen LogP contribution < -0.4 is 10.1 Å². The second kappa shape index (κ2) is 8.59. The summed E-state index contributed by atoms with van der Waals surface area (Å²) in [5.74, 6) is 0.267. The topological polar surface area (TPSA) is 81.5 Å². The minimum absolute atomic E-state index is 0.221. The number of aromatic nitrogens is 3. The molecule has 152 valence electrons. The number of carbonyl (C=O) groups is 1. The molecule has 2 aromatic heterocycles. The zero-order valence-corrected chi connectivity index (χ0v) is 16.7. The third kappa shape index (κ3) is 4.08. The maximum absolute atomic E-state index is 12.9. The van der Waals surface area contributed by atoms with Gasteiger partial charge in [0.1, 0.15) is 11.3 Å². The van der Waals surface area contributed by atoms with E-state index in [1.165, 1.54) is 11.8 Å². The molecule has 4 rings (SSSR count). The summed E-state index contributed by atoms with van der Waals surface area (Å²) in [6.45, 7) is 4.67. The number of pyridine rings is 1. The Bertz CT molecular complexity index is 1010. The molecule has 0 bridgehead atoms. The molecule has 3 heterocycles. The number of amides is 1. The summed E-state index contributed by atoms with van der Waals surface area (Å²) in [5, 5.41) is 7.92. The zero-order chi connectivity index (χ0) is 20.2. The summed E-state index contributed by atoms with van der Waals surface area (Å²) >= 11 is 0. The molecule has 1 aromatic carbocycles. The van der Waals surface area contributed by atoms with Crippen LogP contribution in [0.1, 0.15) is 21.5 Å². The van der Waals surface area contributed by atoms with E-state index >= 15 is 0 Å². The molecule has 1 N–H and O–H groups in total. The van der Waals surface area contributed by atoms with Crippen LogP contribution in [0.2, 0.25) is 0 Å². The van der Waals surface area contributed by atoms with Crippen LogP contribution in [0.5, 0.6) is 5.75 Å². The van der Waals surface area contributed by atoms with Crippen molar-refractivity contribution in [3.05, 3.63) is 53.3 Å². The summed E-state index contributed by atoms with van der Waals surface area (Å²) < 4.78 is 12.6. The van der Waals surface area contributed by atoms with Crippen LogP contribution in [0.3, 0.4) is 0 Å². The summed E-state index contributed by atoms with van der Waals surface area (Å²) in [4.78, 5) is 19.6. The molecule has 29 heavy (non-hydrogen) atoms. The molecular formula is C21H25N5O3. The first-order valence-electron chi connectivity index (χ1n) is 9.67. The van der Waals surface area contributed by atoms with E-state index in [0.717, 1.165) is 43.8 Å². The minimum atomic E-state index is -0.221. The molecule has 1 amide bonds. The van der Waals surface area contributed by atoms with Crippen molar-refractivity contribution in [3.63, 3.8) is 0 Å². The lowest BCUT2D eigenvalue weighted by Crippen LogP contribution is -2.36. The average Bonchev–Trinajstić information content (AvgIpc) is 3.14. The lowest BCUT2D eigenvalue weighted by atomic mass is 10.1. The molecule has 8 nitrogen and oxygen atoms in total. The SMILES string of the molecule is COc1c(C(=O)NCc2ccccc2CN2CCOCC2)cnc2c1cnn2C. The molecule has 1 fully saturated rings. The molecule has 0 saturated carbocycles. The van der Waals surface area contributed by atoms with Crippen LogP contribution >= 0.6 is 0 Å². The van der Waals surface area contributed by atoms with Crippen LogP contribution in [-0.2, 0) is 24.9 Å². The molecule has 0 spiro atoms. The minimum Gasteiger partial charge on any atom is -0.495 e. The standard InChI is InChI=1S/C21H25N5O3/c1-25-20-17(13-24-25)19(28-2)18(12-22-20)21(27)23-11-15-5-3-4-6-16(15)14-26-7-9-29-10-8-26/h3-6,12-13H,7-11,14H2,1-2H3,(H,23,27). The second-order valence-corrected chi connectivity index (χ2v) is 7.05. The quantitative estimate of drug-likeness (QED) is 0.685. The van der Waals surface area contributed by atoms with E-state index in [1.807, 2.05) is 12.1 Å². The van der Waals surface area contributed by atoms with E-state index < -0.39 is 0 Å². The zero-order valence-electron chi connectivity index (χ0n) is 16.7. The monoisotopic (exact) mass is 395 g/mol. The number of nitrogens with zero attached hydrogens (tertiary/aromatic N) is 4. The van der Waals surface area contributed by atoms with Crippen molar-refractivity contribution in [1.82, 2.24) is 25.0 Å². The first-order chi connectivity index (χ1) is 14.2. The first kappa shape index (κ1) is 19.4. The Hall–Kier alpha value is -2.97. The van der Waals surface area contributed by atoms with E-state index in [-0.39, 0.29) is 5.91 Å². The lowest BCUT2D eigenvalue weighted by Gasteiger charge is -2.27. The highest BCUT2D eigenvalue weighted by atomic mass is 16.5. The van der Waals surface area contributed by atoms with Gasteiger partial charge < -0.3 is 14.8 Å². The van der Waals surface area contributed by atoms with Crippen LogP contribution in [-0.4, -0.2) is 59.0 Å². The van der Waals surface area contributed by atoms with Gasteiger partial charge in [-0.25, -0.2) is 4.98 Å². The number of hydrogen-bond acceptors (Lipinski definition) is 6. The van der Waals surface area contributed by atoms with Gasteiger partial charge in [-0.3, -0.25) is 14.4 Å². The van der Waals surface area contributed by atoms with Crippen LogP contribution in [0.15, 0.2) is 36.7 Å². The van der Waals surface area contributed by atoms with Gasteiger partial charge in [-0.05, 0) is 11.1 Å². The highest BCUT2D eigenvalue weighted by Crippen LogP contribution is 2.27. The van der Waals surface area contributed by atoms with E-state index in [2.05, 4.69) is 32.4 Å². The summed E-state index contributed by atoms with van der Waals surface area (Å²) in [7, 11) is 3.36. The number of ether oxygens (including phenoxy) is 2. The van der Waals surface area contributed by atoms with Crippen LogP contribution in [0, 0.1) is 0 Å². The second-order valence-electron chi connectivity index (χ2n) is 7.05. The number of carbonyl (C=O) groups excluding carboxylic acids is 1. The Kier molecular flexibility index (Phi) is 5.73. The fourth-order valence-electron chi connectivity index (χ4n) is 3.61. The van der Waals surface area contributed by atoms with Gasteiger partial charge in [-0.1, -0.05) is 24.3 Å². The van der Waals surface area contributed by atoms with Crippen LogP contribution in [0.25, 0.3) is 11.0 Å². The maximum atomic E-state index is 12.9. The first-order valence-corrected chi connectivity index (χ1v) is 9.67. The van der Waals surface area contributed by atoms with Crippen molar-refractivity contribution in [2.45, 2.75) is 13.1 Å². The lowest BCUT2D eigenvalue weighted by molar-refractivity contribution is 0.0340. The molecule has 8 heteroatoms. The third-order valence-corrected chi connectivity index (χ3v) is 5.22. The van der Waals surface area contributed by atoms with Gasteiger partial charge in [0.2, 0.25) is 0 Å². The Morgan fingerprint density at radius 1 is 1.21 bits per heavy atom. The number of aryl methyl sites for hydroxylation is 1. The van der Waals surface area contributed by atoms with Gasteiger partial charge in [-0.15, -0.1) is 0 Å². The van der Waals surface area contributed by atoms with Gasteiger partial charge >= 0.3 is 0 Å². The summed E-state index contributed by atoms with van der Waals surface area (Å²) in [6.07, 6.45) is 3.20. The molecule has 0 unspecified atom stereocenters. The molecule has 0 radical (unpaired) electrons. The van der Waals surface area contributed by atoms with Gasteiger partial charge in [0.05, 0.1) is 31.9 Å². The van der Waals surface area contributed by atoms with Crippen molar-refractivity contribution >= 4 is 16.9 Å². The van der Waals surface area contributed by atoms with Crippen molar-refractivity contribution in [3.8, 4) is 5.75 Å². The predicted molar refractivity (Wildman–Crippen MR) is 109 cm³/mol. The maximum Gasteiger partial charge on any atom is 0.256 e. The van der Waals surface area contributed by atoms with Crippen molar-refractivity contribution < 1.29 is 14.3 Å². The number of methoxy groups -OCH3 is 1. The van der Waals surface area contributed by atoms with Gasteiger partial charge in [-0.2, -0.15) is 5.10 Å². The molecule has 1 aliphatic heterocycles. The largest absolute Gasteiger partial charge is 0.495 e. The molecule has 1 saturated heterocycles. The van der Waals surface area contributed by atoms with E-state index in [1.54, 1.807) is 25.0 Å². The smallest absolute Gasteiger partial charge is 0.256 e. The van der Waals surface area contributed by atoms with E-state index in [9.17, 15) is 4.79 Å². The van der Waals surface area contributed by atoms with Crippen molar-refractivity contribution in [1.29, 1.82) is 0 Å². The van der Waals surface area contributed by atoms with Crippen LogP contribution in [0.4, 0.5) is 0 Å². The molecule has 0 aliphatic carbocycles. The number of morpholine rings is 1. The molecular weight excluding hydrogens is 370 g/mol. The fourth-order valence-corrected chi connectivity index (χ4v) is 3.61. The number of nitrogens with one attached hydrogen (secondary N) is 1. The van der Waals surface area contributed by atoms with Gasteiger partial charge in [0.25, 0.3) is 5.91 Å². The van der Waals surface area contributed by atoms with Gasteiger partial charge in [0.15, 0.2) is 5.65 Å². The van der Waals surface area contributed by atoms with Gasteiger partial charge in [0, 0.05) is 39.4 Å². The van der Waals surface area contributed by atoms with Crippen molar-refractivity contribution in [2.75, 3.05) is 33.4 Å². The summed E-state index contributed by atoms with van der Waals surface area (Å²) in [6, 6.07) is 8.19. The molecule has 3 aromatic rings.